The Labute approximate surface area is 225 Å². The molecule has 208 valence electrons. The van der Waals surface area contributed by atoms with Crippen LogP contribution in [0.5, 0.6) is 11.5 Å². The Morgan fingerprint density at radius 3 is 2.49 bits per heavy atom. The summed E-state index contributed by atoms with van der Waals surface area (Å²) in [5.41, 5.74) is -0.193. The van der Waals surface area contributed by atoms with E-state index in [1.54, 1.807) is 29.2 Å². The molecule has 2 aliphatic rings. The van der Waals surface area contributed by atoms with Gasteiger partial charge in [0.1, 0.15) is 23.0 Å². The van der Waals surface area contributed by atoms with Crippen LogP contribution in [0.25, 0.3) is 0 Å². The van der Waals surface area contributed by atoms with Crippen LogP contribution >= 0.6 is 11.6 Å². The molecule has 1 aromatic heterocycles. The fourth-order valence-corrected chi connectivity index (χ4v) is 5.15. The van der Waals surface area contributed by atoms with Gasteiger partial charge in [0.25, 0.3) is 11.9 Å². The topological polar surface area (TPSA) is 98.0 Å². The van der Waals surface area contributed by atoms with Gasteiger partial charge in [0.2, 0.25) is 0 Å². The lowest BCUT2D eigenvalue weighted by atomic mass is 10.1. The summed E-state index contributed by atoms with van der Waals surface area (Å²) in [7, 11) is 1.51. The summed E-state index contributed by atoms with van der Waals surface area (Å²) in [5, 5.41) is 13.9. The average molecular weight is 567 g/mol. The molecule has 1 saturated carbocycles. The minimum atomic E-state index is -4.88. The number of hydrogen-bond donors (Lipinski definition) is 2. The standard InChI is InChI=1S/C26H26ClF3N4O5/c1-32-22-21(23(36)34(25(32)37)14-16-4-2-7-20(16)35)33(13-15-8-10-17(27)11-9-15)24(31-22)38-18-5-3-6-19(12-18)39-26(28,29)30/h3,5-6,8-12,16,20,24,31,35H,2,4,7,13-14H2,1H3. The SMILES string of the molecule is Cn1c2c(c(=O)n(CC3CCCC3O)c1=O)N(Cc1ccc(Cl)cc1)C(Oc1cccc(OC(F)(F)F)c1)N2. The second-order valence-electron chi connectivity index (χ2n) is 9.60. The Balaban J connectivity index is 1.53. The van der Waals surface area contributed by atoms with Crippen molar-refractivity contribution in [3.8, 4) is 11.5 Å². The molecule has 1 aliphatic heterocycles. The van der Waals surface area contributed by atoms with Crippen molar-refractivity contribution in [1.82, 2.24) is 9.13 Å². The molecule has 2 aromatic carbocycles. The molecule has 0 amide bonds. The zero-order chi connectivity index (χ0) is 27.9. The van der Waals surface area contributed by atoms with Gasteiger partial charge in [0.05, 0.1) is 6.10 Å². The maximum atomic E-state index is 13.8. The van der Waals surface area contributed by atoms with Gasteiger partial charge in [-0.1, -0.05) is 36.2 Å². The van der Waals surface area contributed by atoms with Crippen LogP contribution < -0.4 is 30.9 Å². The maximum absolute atomic E-state index is 13.8. The molecule has 1 fully saturated rings. The van der Waals surface area contributed by atoms with E-state index in [2.05, 4.69) is 10.1 Å². The molecular formula is C26H26ClF3N4O5. The number of benzene rings is 2. The first-order valence-electron chi connectivity index (χ1n) is 12.3. The minimum Gasteiger partial charge on any atom is -0.452 e. The highest BCUT2D eigenvalue weighted by atomic mass is 35.5. The Morgan fingerprint density at radius 1 is 1.10 bits per heavy atom. The second kappa shape index (κ2) is 10.5. The molecule has 3 aromatic rings. The summed E-state index contributed by atoms with van der Waals surface area (Å²) in [6.45, 7) is 0.219. The molecule has 2 N–H and O–H groups in total. The number of halogens is 4. The van der Waals surface area contributed by atoms with Gasteiger partial charge in [0, 0.05) is 37.1 Å². The van der Waals surface area contributed by atoms with Crippen molar-refractivity contribution >= 4 is 23.1 Å². The quantitative estimate of drug-likeness (QED) is 0.445. The van der Waals surface area contributed by atoms with Gasteiger partial charge in [-0.2, -0.15) is 0 Å². The van der Waals surface area contributed by atoms with E-state index in [1.807, 2.05) is 0 Å². The highest BCUT2D eigenvalue weighted by Gasteiger charge is 2.38. The van der Waals surface area contributed by atoms with E-state index in [0.29, 0.717) is 17.9 Å². The zero-order valence-electron chi connectivity index (χ0n) is 20.8. The molecule has 2 heterocycles. The second-order valence-corrected chi connectivity index (χ2v) is 10.0. The van der Waals surface area contributed by atoms with Crippen molar-refractivity contribution in [2.45, 2.75) is 51.2 Å². The van der Waals surface area contributed by atoms with Gasteiger partial charge < -0.3 is 24.8 Å². The van der Waals surface area contributed by atoms with Crippen LogP contribution in [-0.4, -0.2) is 33.1 Å². The predicted molar refractivity (Wildman–Crippen MR) is 138 cm³/mol. The van der Waals surface area contributed by atoms with Gasteiger partial charge in [-0.05, 0) is 42.7 Å². The number of fused-ring (bicyclic) bond motifs is 1. The van der Waals surface area contributed by atoms with Gasteiger partial charge in [-0.25, -0.2) is 4.79 Å². The Kier molecular flexibility index (Phi) is 7.25. The van der Waals surface area contributed by atoms with Gasteiger partial charge in [-0.3, -0.25) is 13.9 Å². The number of aromatic nitrogens is 2. The third-order valence-electron chi connectivity index (χ3n) is 6.94. The van der Waals surface area contributed by atoms with Crippen LogP contribution in [0.2, 0.25) is 5.02 Å². The summed E-state index contributed by atoms with van der Waals surface area (Å²) in [6.07, 6.45) is -4.41. The minimum absolute atomic E-state index is 0.0440. The molecule has 1 aliphatic carbocycles. The normalized spacial score (nSPS) is 20.6. The first-order valence-corrected chi connectivity index (χ1v) is 12.7. The van der Waals surface area contributed by atoms with E-state index in [4.69, 9.17) is 16.3 Å². The Hall–Kier alpha value is -3.64. The first kappa shape index (κ1) is 26.9. The zero-order valence-corrected chi connectivity index (χ0v) is 21.6. The molecule has 0 saturated heterocycles. The number of hydrogen-bond acceptors (Lipinski definition) is 7. The van der Waals surface area contributed by atoms with Crippen LogP contribution in [0.4, 0.5) is 24.7 Å². The number of rotatable bonds is 7. The molecule has 9 nitrogen and oxygen atoms in total. The third-order valence-corrected chi connectivity index (χ3v) is 7.20. The third kappa shape index (κ3) is 5.71. The monoisotopic (exact) mass is 566 g/mol. The van der Waals surface area contributed by atoms with E-state index in [9.17, 15) is 27.9 Å². The highest BCUT2D eigenvalue weighted by molar-refractivity contribution is 6.30. The molecule has 13 heteroatoms. The van der Waals surface area contributed by atoms with Crippen molar-refractivity contribution in [3.63, 3.8) is 0 Å². The van der Waals surface area contributed by atoms with Crippen molar-refractivity contribution < 1.29 is 27.8 Å². The number of anilines is 2. The van der Waals surface area contributed by atoms with Gasteiger partial charge >= 0.3 is 12.1 Å². The van der Waals surface area contributed by atoms with Crippen molar-refractivity contribution in [2.24, 2.45) is 13.0 Å². The fourth-order valence-electron chi connectivity index (χ4n) is 5.03. The van der Waals surface area contributed by atoms with E-state index in [-0.39, 0.29) is 36.3 Å². The first-order chi connectivity index (χ1) is 18.5. The van der Waals surface area contributed by atoms with E-state index in [1.165, 1.54) is 23.7 Å². The van der Waals surface area contributed by atoms with E-state index < -0.39 is 35.8 Å². The molecule has 5 rings (SSSR count). The summed E-state index contributed by atoms with van der Waals surface area (Å²) < 4.78 is 50.6. The lowest BCUT2D eigenvalue weighted by Gasteiger charge is -2.27. The lowest BCUT2D eigenvalue weighted by Crippen LogP contribution is -2.44. The number of nitrogens with zero attached hydrogens (tertiary/aromatic N) is 3. The number of aliphatic hydroxyl groups is 1. The maximum Gasteiger partial charge on any atom is 0.573 e. The Bertz CT molecular complexity index is 1470. The van der Waals surface area contributed by atoms with Crippen LogP contribution in [-0.2, 0) is 20.1 Å². The van der Waals surface area contributed by atoms with Crippen LogP contribution in [0.1, 0.15) is 24.8 Å². The van der Waals surface area contributed by atoms with Crippen LogP contribution in [0.15, 0.2) is 58.1 Å². The molecule has 3 atom stereocenters. The summed E-state index contributed by atoms with van der Waals surface area (Å²) in [5.74, 6) is -0.446. The average Bonchev–Trinajstić information content (AvgIpc) is 3.44. The summed E-state index contributed by atoms with van der Waals surface area (Å²) >= 11 is 6.03. The molecule has 3 unspecified atom stereocenters. The largest absolute Gasteiger partial charge is 0.573 e. The van der Waals surface area contributed by atoms with Crippen molar-refractivity contribution in [2.75, 3.05) is 10.2 Å². The summed E-state index contributed by atoms with van der Waals surface area (Å²) in [4.78, 5) is 28.5. The number of aliphatic hydroxyl groups excluding tert-OH is 1. The van der Waals surface area contributed by atoms with E-state index >= 15 is 0 Å². The van der Waals surface area contributed by atoms with Crippen LogP contribution in [0, 0.1) is 5.92 Å². The van der Waals surface area contributed by atoms with Crippen LogP contribution in [0.3, 0.4) is 0 Å². The molecule has 39 heavy (non-hydrogen) atoms. The van der Waals surface area contributed by atoms with Gasteiger partial charge in [0.15, 0.2) is 0 Å². The fraction of sp³-hybridized carbons (Fsp3) is 0.385. The highest BCUT2D eigenvalue weighted by Crippen LogP contribution is 2.35. The van der Waals surface area contributed by atoms with Gasteiger partial charge in [-0.15, -0.1) is 13.2 Å². The predicted octanol–water partition coefficient (Wildman–Crippen LogP) is 4.05. The van der Waals surface area contributed by atoms with Crippen molar-refractivity contribution in [1.29, 1.82) is 0 Å². The summed E-state index contributed by atoms with van der Waals surface area (Å²) in [6, 6.07) is 11.9. The molecule has 0 bridgehead atoms. The number of ether oxygens (including phenoxy) is 2. The lowest BCUT2D eigenvalue weighted by molar-refractivity contribution is -0.274. The number of nitrogens with one attached hydrogen (secondary N) is 1. The smallest absolute Gasteiger partial charge is 0.452 e. The molecule has 0 radical (unpaired) electrons. The Morgan fingerprint density at radius 2 is 1.82 bits per heavy atom. The van der Waals surface area contributed by atoms with Crippen molar-refractivity contribution in [3.05, 3.63) is 80.0 Å². The molecule has 0 spiro atoms. The van der Waals surface area contributed by atoms with E-state index in [0.717, 1.165) is 28.7 Å². The molecular weight excluding hydrogens is 541 g/mol. The number of alkyl halides is 3.